The third-order valence-corrected chi connectivity index (χ3v) is 2.66. The molecule has 5 nitrogen and oxygen atoms in total. The van der Waals surface area contributed by atoms with Gasteiger partial charge in [-0.3, -0.25) is 0 Å². The number of hydrogen-bond acceptors (Lipinski definition) is 4. The Morgan fingerprint density at radius 2 is 2.06 bits per heavy atom. The third-order valence-electron chi connectivity index (χ3n) is 2.66. The molecule has 0 aliphatic carbocycles. The lowest BCUT2D eigenvalue weighted by atomic mass is 10.2. The number of aromatic amines is 1. The average Bonchev–Trinajstić information content (AvgIpc) is 2.70. The Morgan fingerprint density at radius 3 is 2.76 bits per heavy atom. The second kappa shape index (κ2) is 5.14. The van der Waals surface area contributed by atoms with Crippen molar-refractivity contribution in [2.24, 2.45) is 0 Å². The number of aliphatic hydroxyl groups is 1. The van der Waals surface area contributed by atoms with E-state index in [1.165, 1.54) is 0 Å². The number of nitrogens with one attached hydrogen (secondary N) is 1. The molecule has 0 radical (unpaired) electrons. The average molecular weight is 234 g/mol. The van der Waals surface area contributed by atoms with Crippen molar-refractivity contribution in [2.75, 3.05) is 25.6 Å². The normalized spacial score (nSPS) is 11.0. The number of rotatable bonds is 5. The molecule has 0 aliphatic heterocycles. The molecule has 0 bridgehead atoms. The Hall–Kier alpha value is -1.62. The summed E-state index contributed by atoms with van der Waals surface area (Å²) in [5.41, 5.74) is 1.73. The van der Waals surface area contributed by atoms with Crippen LogP contribution in [0.3, 0.4) is 0 Å². The molecule has 92 valence electrons. The van der Waals surface area contributed by atoms with E-state index in [4.69, 9.17) is 5.11 Å². The van der Waals surface area contributed by atoms with Crippen LogP contribution in [0.1, 0.15) is 18.7 Å². The standard InChI is InChI=1S/C12H18N4O/c1-16(2)11-7-6-9-12(15-11)14-10(13-9)5-3-4-8-17/h6-7,17H,3-5,8H2,1-2H3,(H,13,14,15). The summed E-state index contributed by atoms with van der Waals surface area (Å²) < 4.78 is 0. The molecule has 0 amide bonds. The zero-order valence-corrected chi connectivity index (χ0v) is 10.3. The monoisotopic (exact) mass is 234 g/mol. The highest BCUT2D eigenvalue weighted by Gasteiger charge is 2.05. The number of nitrogens with zero attached hydrogens (tertiary/aromatic N) is 3. The van der Waals surface area contributed by atoms with E-state index >= 15 is 0 Å². The van der Waals surface area contributed by atoms with E-state index in [0.717, 1.165) is 42.1 Å². The summed E-state index contributed by atoms with van der Waals surface area (Å²) in [6, 6.07) is 3.97. The fourth-order valence-corrected chi connectivity index (χ4v) is 1.70. The molecule has 2 heterocycles. The van der Waals surface area contributed by atoms with Crippen LogP contribution in [0.2, 0.25) is 0 Å². The highest BCUT2D eigenvalue weighted by molar-refractivity contribution is 5.73. The lowest BCUT2D eigenvalue weighted by molar-refractivity contribution is 0.284. The summed E-state index contributed by atoms with van der Waals surface area (Å²) in [4.78, 5) is 14.1. The molecule has 2 rings (SSSR count). The fraction of sp³-hybridized carbons (Fsp3) is 0.500. The number of pyridine rings is 1. The minimum absolute atomic E-state index is 0.239. The van der Waals surface area contributed by atoms with Crippen LogP contribution in [0, 0.1) is 0 Å². The number of aromatic nitrogens is 3. The Balaban J connectivity index is 2.18. The zero-order chi connectivity index (χ0) is 12.3. The summed E-state index contributed by atoms with van der Waals surface area (Å²) in [5, 5.41) is 8.73. The second-order valence-electron chi connectivity index (χ2n) is 4.30. The molecule has 5 heteroatoms. The Kier molecular flexibility index (Phi) is 3.58. The maximum Gasteiger partial charge on any atom is 0.179 e. The molecule has 17 heavy (non-hydrogen) atoms. The van der Waals surface area contributed by atoms with Crippen LogP contribution in [0.4, 0.5) is 5.82 Å². The summed E-state index contributed by atoms with van der Waals surface area (Å²) in [6.07, 6.45) is 2.61. The highest BCUT2D eigenvalue weighted by atomic mass is 16.2. The molecule has 0 atom stereocenters. The van der Waals surface area contributed by atoms with Gasteiger partial charge in [-0.2, -0.15) is 0 Å². The van der Waals surface area contributed by atoms with Gasteiger partial charge in [-0.05, 0) is 25.0 Å². The van der Waals surface area contributed by atoms with Crippen LogP contribution in [0.5, 0.6) is 0 Å². The van der Waals surface area contributed by atoms with Gasteiger partial charge in [0.1, 0.15) is 11.6 Å². The van der Waals surface area contributed by atoms with Gasteiger partial charge in [0, 0.05) is 27.1 Å². The van der Waals surface area contributed by atoms with E-state index in [1.54, 1.807) is 0 Å². The van der Waals surface area contributed by atoms with Gasteiger partial charge in [0.25, 0.3) is 0 Å². The van der Waals surface area contributed by atoms with Crippen LogP contribution in [-0.4, -0.2) is 40.8 Å². The van der Waals surface area contributed by atoms with Gasteiger partial charge in [-0.15, -0.1) is 0 Å². The Bertz CT molecular complexity index is 492. The number of imidazole rings is 1. The Labute approximate surface area is 101 Å². The lowest BCUT2D eigenvalue weighted by Gasteiger charge is -2.09. The van der Waals surface area contributed by atoms with Crippen LogP contribution < -0.4 is 4.90 Å². The van der Waals surface area contributed by atoms with Crippen molar-refractivity contribution in [1.29, 1.82) is 0 Å². The quantitative estimate of drug-likeness (QED) is 0.766. The topological polar surface area (TPSA) is 65.0 Å². The van der Waals surface area contributed by atoms with Gasteiger partial charge < -0.3 is 15.0 Å². The fourth-order valence-electron chi connectivity index (χ4n) is 1.70. The summed E-state index contributed by atoms with van der Waals surface area (Å²) in [7, 11) is 3.92. The smallest absolute Gasteiger partial charge is 0.179 e. The number of anilines is 1. The van der Waals surface area contributed by atoms with Crippen molar-refractivity contribution >= 4 is 17.0 Å². The molecular formula is C12H18N4O. The zero-order valence-electron chi connectivity index (χ0n) is 10.3. The number of hydrogen-bond donors (Lipinski definition) is 2. The summed E-state index contributed by atoms with van der Waals surface area (Å²) in [5.74, 6) is 1.85. The number of aryl methyl sites for hydroxylation is 1. The van der Waals surface area contributed by atoms with Crippen LogP contribution in [0.15, 0.2) is 12.1 Å². The first kappa shape index (κ1) is 11.9. The first-order valence-corrected chi connectivity index (χ1v) is 5.84. The van der Waals surface area contributed by atoms with E-state index in [9.17, 15) is 0 Å². The van der Waals surface area contributed by atoms with E-state index in [-0.39, 0.29) is 6.61 Å². The molecule has 2 aromatic rings. The van der Waals surface area contributed by atoms with Crippen LogP contribution >= 0.6 is 0 Å². The molecule has 0 spiro atoms. The molecule has 2 N–H and O–H groups in total. The largest absolute Gasteiger partial charge is 0.396 e. The molecular weight excluding hydrogens is 216 g/mol. The first-order valence-electron chi connectivity index (χ1n) is 5.84. The first-order chi connectivity index (χ1) is 8.20. The predicted molar refractivity (Wildman–Crippen MR) is 68.2 cm³/mol. The van der Waals surface area contributed by atoms with E-state index < -0.39 is 0 Å². The van der Waals surface area contributed by atoms with Gasteiger partial charge >= 0.3 is 0 Å². The molecule has 0 aromatic carbocycles. The SMILES string of the molecule is CN(C)c1ccc2[nH]c(CCCCO)nc2n1. The van der Waals surface area contributed by atoms with E-state index in [1.807, 2.05) is 31.1 Å². The highest BCUT2D eigenvalue weighted by Crippen LogP contribution is 2.15. The molecule has 0 aliphatic rings. The van der Waals surface area contributed by atoms with Crippen LogP contribution in [0.25, 0.3) is 11.2 Å². The van der Waals surface area contributed by atoms with Gasteiger partial charge in [0.05, 0.1) is 5.52 Å². The van der Waals surface area contributed by atoms with Crippen molar-refractivity contribution in [3.63, 3.8) is 0 Å². The van der Waals surface area contributed by atoms with Crippen molar-refractivity contribution in [3.8, 4) is 0 Å². The Morgan fingerprint density at radius 1 is 1.24 bits per heavy atom. The van der Waals surface area contributed by atoms with Gasteiger partial charge in [-0.1, -0.05) is 0 Å². The second-order valence-corrected chi connectivity index (χ2v) is 4.30. The minimum Gasteiger partial charge on any atom is -0.396 e. The molecule has 0 unspecified atom stereocenters. The lowest BCUT2D eigenvalue weighted by Crippen LogP contribution is -2.10. The van der Waals surface area contributed by atoms with Crippen molar-refractivity contribution in [1.82, 2.24) is 15.0 Å². The summed E-state index contributed by atoms with van der Waals surface area (Å²) in [6.45, 7) is 0.239. The van der Waals surface area contributed by atoms with Crippen molar-refractivity contribution in [3.05, 3.63) is 18.0 Å². The van der Waals surface area contributed by atoms with Crippen molar-refractivity contribution < 1.29 is 5.11 Å². The van der Waals surface area contributed by atoms with Gasteiger partial charge in [0.15, 0.2) is 5.65 Å². The third kappa shape index (κ3) is 2.74. The molecule has 0 saturated carbocycles. The number of aliphatic hydroxyl groups excluding tert-OH is 1. The molecule has 0 saturated heterocycles. The summed E-state index contributed by atoms with van der Waals surface area (Å²) >= 11 is 0. The van der Waals surface area contributed by atoms with Gasteiger partial charge in [0.2, 0.25) is 0 Å². The number of H-pyrrole nitrogens is 1. The van der Waals surface area contributed by atoms with Gasteiger partial charge in [-0.25, -0.2) is 9.97 Å². The van der Waals surface area contributed by atoms with Crippen molar-refractivity contribution in [2.45, 2.75) is 19.3 Å². The minimum atomic E-state index is 0.239. The molecule has 0 fully saturated rings. The number of unbranched alkanes of at least 4 members (excludes halogenated alkanes) is 1. The maximum absolute atomic E-state index is 8.73. The van der Waals surface area contributed by atoms with E-state index in [0.29, 0.717) is 0 Å². The molecule has 2 aromatic heterocycles. The van der Waals surface area contributed by atoms with E-state index in [2.05, 4.69) is 15.0 Å². The predicted octanol–water partition coefficient (Wildman–Crippen LogP) is 1.34. The maximum atomic E-state index is 8.73. The number of fused-ring (bicyclic) bond motifs is 1. The van der Waals surface area contributed by atoms with Crippen LogP contribution in [-0.2, 0) is 6.42 Å².